The lowest BCUT2D eigenvalue weighted by Gasteiger charge is -2.15. The van der Waals surface area contributed by atoms with Gasteiger partial charge in [-0.05, 0) is 30.4 Å². The van der Waals surface area contributed by atoms with Gasteiger partial charge in [-0.25, -0.2) is 0 Å². The van der Waals surface area contributed by atoms with E-state index >= 15 is 0 Å². The van der Waals surface area contributed by atoms with Gasteiger partial charge in [-0.1, -0.05) is 35.4 Å². The Hall–Kier alpha value is -2.06. The summed E-state index contributed by atoms with van der Waals surface area (Å²) in [5, 5.41) is 3.71. The molecule has 0 aromatic heterocycles. The molecule has 0 aliphatic heterocycles. The van der Waals surface area contributed by atoms with Gasteiger partial charge in [0.2, 0.25) is 0 Å². The molecule has 0 atom stereocenters. The zero-order valence-electron chi connectivity index (χ0n) is 9.47. The van der Waals surface area contributed by atoms with Crippen molar-refractivity contribution >= 4 is 11.5 Å². The van der Waals surface area contributed by atoms with E-state index in [4.69, 9.17) is 5.53 Å². The van der Waals surface area contributed by atoms with Crippen molar-refractivity contribution in [3.63, 3.8) is 0 Å². The predicted molar refractivity (Wildman–Crippen MR) is 66.0 cm³/mol. The summed E-state index contributed by atoms with van der Waals surface area (Å²) in [4.78, 5) is 14.7. The van der Waals surface area contributed by atoms with Crippen LogP contribution >= 0.6 is 0 Å². The van der Waals surface area contributed by atoms with Crippen LogP contribution < -0.4 is 0 Å². The number of hydrogen-bond acceptors (Lipinski definition) is 2. The second-order valence-electron chi connectivity index (χ2n) is 4.01. The van der Waals surface area contributed by atoms with Crippen LogP contribution in [0.15, 0.2) is 41.0 Å². The van der Waals surface area contributed by atoms with Crippen molar-refractivity contribution in [2.75, 3.05) is 0 Å². The molecule has 0 amide bonds. The summed E-state index contributed by atoms with van der Waals surface area (Å²) < 4.78 is 0. The van der Waals surface area contributed by atoms with E-state index < -0.39 is 0 Å². The molecule has 2 rings (SSSR count). The smallest absolute Gasteiger partial charge is 0.159 e. The fraction of sp³-hybridized carbons (Fsp3) is 0.308. The van der Waals surface area contributed by atoms with E-state index in [1.807, 2.05) is 30.3 Å². The lowest BCUT2D eigenvalue weighted by atomic mass is 9.90. The minimum Gasteiger partial charge on any atom is -0.295 e. The van der Waals surface area contributed by atoms with Gasteiger partial charge in [0.05, 0.1) is 5.70 Å². The molecule has 0 radical (unpaired) electrons. The highest BCUT2D eigenvalue weighted by atomic mass is 16.1. The quantitative estimate of drug-likeness (QED) is 0.327. The molecular weight excluding hydrogens is 214 g/mol. The topological polar surface area (TPSA) is 65.8 Å². The Bertz CT molecular complexity index is 499. The lowest BCUT2D eigenvalue weighted by molar-refractivity contribution is -0.116. The molecule has 0 N–H and O–H groups in total. The Morgan fingerprint density at radius 2 is 1.88 bits per heavy atom. The highest BCUT2D eigenvalue weighted by Gasteiger charge is 2.19. The van der Waals surface area contributed by atoms with Crippen molar-refractivity contribution in [3.05, 3.63) is 51.9 Å². The second kappa shape index (κ2) is 5.32. The Kier molecular flexibility index (Phi) is 3.58. The standard InChI is InChI=1S/C13H13N3O/c14-16-15-13(10-6-2-1-3-7-10)11-8-4-5-9-12(11)17/h1-3,6-7H,4-5,8-9H2. The highest BCUT2D eigenvalue weighted by Crippen LogP contribution is 2.29. The number of Topliss-reactive ketones (excluding diaryl/α,β-unsaturated/α-hetero) is 1. The molecule has 1 aromatic carbocycles. The molecule has 0 bridgehead atoms. The van der Waals surface area contributed by atoms with E-state index in [0.717, 1.165) is 18.4 Å². The predicted octanol–water partition coefficient (Wildman–Crippen LogP) is 3.85. The number of ketones is 1. The fourth-order valence-corrected chi connectivity index (χ4v) is 2.06. The van der Waals surface area contributed by atoms with Crippen molar-refractivity contribution in [1.82, 2.24) is 0 Å². The summed E-state index contributed by atoms with van der Waals surface area (Å²) in [6.45, 7) is 0. The summed E-state index contributed by atoms with van der Waals surface area (Å²) >= 11 is 0. The van der Waals surface area contributed by atoms with Crippen LogP contribution in [0.1, 0.15) is 31.2 Å². The zero-order chi connectivity index (χ0) is 12.1. The molecule has 17 heavy (non-hydrogen) atoms. The summed E-state index contributed by atoms with van der Waals surface area (Å²) in [6.07, 6.45) is 3.19. The number of carbonyl (C=O) groups is 1. The van der Waals surface area contributed by atoms with Gasteiger partial charge in [-0.3, -0.25) is 4.79 Å². The number of carbonyl (C=O) groups excluding carboxylic acids is 1. The van der Waals surface area contributed by atoms with Gasteiger partial charge in [0.25, 0.3) is 0 Å². The number of allylic oxidation sites excluding steroid dienone is 1. The molecule has 0 spiro atoms. The number of rotatable bonds is 2. The third-order valence-corrected chi connectivity index (χ3v) is 2.89. The molecule has 1 aromatic rings. The van der Waals surface area contributed by atoms with E-state index in [0.29, 0.717) is 24.1 Å². The van der Waals surface area contributed by atoms with E-state index in [2.05, 4.69) is 10.0 Å². The lowest BCUT2D eigenvalue weighted by Crippen LogP contribution is -2.10. The molecule has 1 aliphatic carbocycles. The Morgan fingerprint density at radius 1 is 1.18 bits per heavy atom. The van der Waals surface area contributed by atoms with Crippen molar-refractivity contribution in [2.24, 2.45) is 5.11 Å². The molecule has 0 heterocycles. The van der Waals surface area contributed by atoms with Crippen LogP contribution in [0, 0.1) is 0 Å². The largest absolute Gasteiger partial charge is 0.295 e. The third kappa shape index (κ3) is 2.55. The first kappa shape index (κ1) is 11.4. The second-order valence-corrected chi connectivity index (χ2v) is 4.01. The number of azide groups is 1. The number of nitrogens with zero attached hydrogens (tertiary/aromatic N) is 3. The van der Waals surface area contributed by atoms with E-state index in [1.165, 1.54) is 0 Å². The van der Waals surface area contributed by atoms with Gasteiger partial charge in [0.15, 0.2) is 5.78 Å². The van der Waals surface area contributed by atoms with Gasteiger partial charge < -0.3 is 0 Å². The molecule has 4 nitrogen and oxygen atoms in total. The van der Waals surface area contributed by atoms with Crippen molar-refractivity contribution in [3.8, 4) is 0 Å². The van der Waals surface area contributed by atoms with Gasteiger partial charge in [0.1, 0.15) is 0 Å². The van der Waals surface area contributed by atoms with Crippen LogP contribution in [0.3, 0.4) is 0 Å². The third-order valence-electron chi connectivity index (χ3n) is 2.89. The van der Waals surface area contributed by atoms with Gasteiger partial charge in [-0.15, -0.1) is 0 Å². The Balaban J connectivity index is 2.51. The first-order chi connectivity index (χ1) is 8.33. The molecular formula is C13H13N3O. The summed E-state index contributed by atoms with van der Waals surface area (Å²) in [7, 11) is 0. The molecule has 1 saturated carbocycles. The molecule has 1 fully saturated rings. The maximum absolute atomic E-state index is 11.8. The first-order valence-electron chi connectivity index (χ1n) is 5.70. The summed E-state index contributed by atoms with van der Waals surface area (Å²) in [6, 6.07) is 9.36. The van der Waals surface area contributed by atoms with Crippen molar-refractivity contribution in [2.45, 2.75) is 25.7 Å². The minimum atomic E-state index is 0.113. The highest BCUT2D eigenvalue weighted by molar-refractivity contribution is 6.02. The molecule has 1 aliphatic rings. The maximum Gasteiger partial charge on any atom is 0.159 e. The maximum atomic E-state index is 11.8. The first-order valence-corrected chi connectivity index (χ1v) is 5.70. The van der Waals surface area contributed by atoms with E-state index in [-0.39, 0.29) is 5.78 Å². The normalized spacial score (nSPS) is 18.5. The van der Waals surface area contributed by atoms with E-state index in [9.17, 15) is 4.79 Å². The average Bonchev–Trinajstić information content (AvgIpc) is 2.38. The van der Waals surface area contributed by atoms with Crippen LogP contribution in [0.25, 0.3) is 16.1 Å². The molecule has 86 valence electrons. The number of hydrogen-bond donors (Lipinski definition) is 0. The van der Waals surface area contributed by atoms with Gasteiger partial charge in [-0.2, -0.15) is 0 Å². The van der Waals surface area contributed by atoms with Crippen molar-refractivity contribution < 1.29 is 4.79 Å². The molecule has 0 saturated heterocycles. The van der Waals surface area contributed by atoms with Crippen molar-refractivity contribution in [1.29, 1.82) is 0 Å². The monoisotopic (exact) mass is 227 g/mol. The molecule has 0 unspecified atom stereocenters. The number of benzene rings is 1. The van der Waals surface area contributed by atoms with Crippen LogP contribution in [-0.4, -0.2) is 5.78 Å². The van der Waals surface area contributed by atoms with E-state index in [1.54, 1.807) is 0 Å². The molecule has 4 heteroatoms. The minimum absolute atomic E-state index is 0.113. The van der Waals surface area contributed by atoms with Crippen LogP contribution in [0.5, 0.6) is 0 Å². The van der Waals surface area contributed by atoms with Crippen LogP contribution in [0.4, 0.5) is 0 Å². The van der Waals surface area contributed by atoms with Gasteiger partial charge >= 0.3 is 0 Å². The fourth-order valence-electron chi connectivity index (χ4n) is 2.06. The summed E-state index contributed by atoms with van der Waals surface area (Å²) in [5.74, 6) is 0.113. The Morgan fingerprint density at radius 3 is 2.53 bits per heavy atom. The van der Waals surface area contributed by atoms with Crippen LogP contribution in [0.2, 0.25) is 0 Å². The zero-order valence-corrected chi connectivity index (χ0v) is 9.47. The van der Waals surface area contributed by atoms with Gasteiger partial charge in [0, 0.05) is 16.9 Å². The Labute approximate surface area is 99.6 Å². The average molecular weight is 227 g/mol. The summed E-state index contributed by atoms with van der Waals surface area (Å²) in [5.41, 5.74) is 10.6. The SMILES string of the molecule is [N-]=[N+]=NC(=C1CCCCC1=O)c1ccccc1. The van der Waals surface area contributed by atoms with Crippen LogP contribution in [-0.2, 0) is 4.79 Å².